The second-order valence-corrected chi connectivity index (χ2v) is 23.9. The standard InChI is InChI=1S/C26H21N5O3.C26H24N4O4.C25H22N4O4/c1-2-24(32)29-13-12-20(17-29)31-25-18(14-27)15-28-16-23(25)30(26(31)33)19-8-10-22(11-9-19)34-21-6-4-3-5-7-21;1-3-23(31)28-16-14-19(17-28)29-22-13-15-27-25(33-2)24(22)30(26(29)32)18-9-11-21(12-10-18)34-20-7-5-4-6-8-20;1-2-22(30)27-15-13-18(16-27)28-21-12-14-26-24(31)23(21)29(25(28)32)17-8-10-20(11-9-17)33-19-6-4-3-5-7-19/h2-11,15-16,20H,1,12-13,17H2;3-13,15,19H,1,14,16-17H2,2H3;2-12,14,18H,1,13,15-16H2,(H,26,31)/t20-;19-;18-/m111/s1. The van der Waals surface area contributed by atoms with Crippen LogP contribution in [0.3, 0.4) is 0 Å². The number of aromatic nitrogens is 9. The molecule has 3 atom stereocenters. The number of benzene rings is 6. The topological polar surface area (TPSA) is 261 Å². The Morgan fingerprint density at radius 2 is 0.861 bits per heavy atom. The van der Waals surface area contributed by atoms with Gasteiger partial charge in [-0.2, -0.15) is 5.26 Å². The van der Waals surface area contributed by atoms with Crippen LogP contribution in [-0.2, 0) is 14.4 Å². The molecule has 6 aromatic heterocycles. The van der Waals surface area contributed by atoms with Crippen molar-refractivity contribution >= 4 is 50.8 Å². The van der Waals surface area contributed by atoms with E-state index in [1.54, 1.807) is 111 Å². The van der Waals surface area contributed by atoms with E-state index in [0.29, 0.717) is 143 Å². The van der Waals surface area contributed by atoms with Crippen LogP contribution in [0.25, 0.3) is 50.2 Å². The van der Waals surface area contributed by atoms with E-state index in [1.165, 1.54) is 42.3 Å². The van der Waals surface area contributed by atoms with Crippen molar-refractivity contribution in [3.8, 4) is 63.5 Å². The van der Waals surface area contributed by atoms with Gasteiger partial charge in [-0.1, -0.05) is 74.3 Å². The number of nitriles is 1. The zero-order valence-electron chi connectivity index (χ0n) is 54.9. The van der Waals surface area contributed by atoms with Crippen LogP contribution in [0.1, 0.15) is 43.0 Å². The highest BCUT2D eigenvalue weighted by atomic mass is 16.5. The molecule has 9 heterocycles. The SMILES string of the molecule is C=CC(=O)N1CC[C@@H](n2c(=O)n(-c3ccc(Oc4ccccc4)cc3)c3c(=O)[nH]ccc32)C1.C=CC(=O)N1CC[C@@H](n2c(=O)n(-c3ccc(Oc4ccccc4)cc3)c3c(OC)nccc32)C1.C=CC(=O)N1CC[C@@H](n2c(=O)n(-c3ccc(Oc4ccccc4)cc3)c3cncc(C#N)c32)C1. The Balaban J connectivity index is 0.000000135. The van der Waals surface area contributed by atoms with Gasteiger partial charge < -0.3 is 38.6 Å². The van der Waals surface area contributed by atoms with Crippen molar-refractivity contribution in [3.63, 3.8) is 0 Å². The van der Waals surface area contributed by atoms with E-state index >= 15 is 0 Å². The molecule has 12 aromatic rings. The lowest BCUT2D eigenvalue weighted by Gasteiger charge is -2.15. The van der Waals surface area contributed by atoms with E-state index in [2.05, 4.69) is 40.8 Å². The van der Waals surface area contributed by atoms with E-state index in [4.69, 9.17) is 18.9 Å². The summed E-state index contributed by atoms with van der Waals surface area (Å²) in [6, 6.07) is 54.9. The molecule has 15 rings (SSSR count). The molecule has 1 N–H and O–H groups in total. The van der Waals surface area contributed by atoms with Crippen LogP contribution in [0.2, 0.25) is 0 Å². The second-order valence-electron chi connectivity index (χ2n) is 23.9. The number of likely N-dealkylation sites (tertiary alicyclic amines) is 3. The number of amides is 3. The fourth-order valence-corrected chi connectivity index (χ4v) is 13.2. The summed E-state index contributed by atoms with van der Waals surface area (Å²) >= 11 is 0. The summed E-state index contributed by atoms with van der Waals surface area (Å²) in [7, 11) is 1.53. The Morgan fingerprint density at radius 3 is 1.28 bits per heavy atom. The van der Waals surface area contributed by atoms with Gasteiger partial charge in [0.2, 0.25) is 23.6 Å². The van der Waals surface area contributed by atoms with Crippen molar-refractivity contribution in [1.82, 2.24) is 57.1 Å². The van der Waals surface area contributed by atoms with Crippen molar-refractivity contribution in [3.05, 3.63) is 286 Å². The number of hydrogen-bond donors (Lipinski definition) is 1. The average molecular weight is 1350 g/mol. The fraction of sp³-hybridized carbons (Fsp3) is 0.169. The molecular weight excluding hydrogens is 1280 g/mol. The van der Waals surface area contributed by atoms with Gasteiger partial charge in [-0.05, 0) is 159 Å². The third-order valence-electron chi connectivity index (χ3n) is 17.9. The number of pyridine rings is 3. The highest BCUT2D eigenvalue weighted by molar-refractivity contribution is 5.89. The number of imidazole rings is 3. The lowest BCUT2D eigenvalue weighted by molar-refractivity contribution is -0.125. The highest BCUT2D eigenvalue weighted by Crippen LogP contribution is 2.34. The summed E-state index contributed by atoms with van der Waals surface area (Å²) in [5.41, 5.74) is 4.13. The largest absolute Gasteiger partial charge is 0.479 e. The number of H-pyrrole nitrogens is 1. The molecule has 24 nitrogen and oxygen atoms in total. The first-order chi connectivity index (χ1) is 49.3. The molecule has 3 fully saturated rings. The fourth-order valence-electron chi connectivity index (χ4n) is 13.2. The minimum Gasteiger partial charge on any atom is -0.479 e. The molecule has 0 aliphatic carbocycles. The first-order valence-corrected chi connectivity index (χ1v) is 32.5. The first-order valence-electron chi connectivity index (χ1n) is 32.5. The Kier molecular flexibility index (Phi) is 19.2. The first kappa shape index (κ1) is 66.3. The third kappa shape index (κ3) is 13.4. The number of aromatic amines is 1. The molecule has 0 radical (unpaired) electrons. The minimum atomic E-state index is -0.356. The minimum absolute atomic E-state index is 0.132. The van der Waals surface area contributed by atoms with Gasteiger partial charge in [0.15, 0.2) is 0 Å². The molecular formula is C77H67N13O11. The van der Waals surface area contributed by atoms with Gasteiger partial charge in [0.05, 0.1) is 76.1 Å². The van der Waals surface area contributed by atoms with Gasteiger partial charge >= 0.3 is 17.1 Å². The molecule has 3 aliphatic rings. The zero-order chi connectivity index (χ0) is 70.3. The van der Waals surface area contributed by atoms with Crippen molar-refractivity contribution < 1.29 is 33.3 Å². The molecule has 24 heteroatoms. The Hall–Kier alpha value is -13.3. The van der Waals surface area contributed by atoms with E-state index in [9.17, 15) is 38.8 Å². The molecule has 0 saturated carbocycles. The number of nitrogens with one attached hydrogen (secondary N) is 1. The van der Waals surface area contributed by atoms with Crippen molar-refractivity contribution in [2.75, 3.05) is 46.4 Å². The van der Waals surface area contributed by atoms with Gasteiger partial charge in [-0.15, -0.1) is 0 Å². The highest BCUT2D eigenvalue weighted by Gasteiger charge is 2.34. The van der Waals surface area contributed by atoms with Crippen molar-refractivity contribution in [2.45, 2.75) is 37.4 Å². The smallest absolute Gasteiger partial charge is 0.334 e. The van der Waals surface area contributed by atoms with Crippen molar-refractivity contribution in [1.29, 1.82) is 5.26 Å². The zero-order valence-corrected chi connectivity index (χ0v) is 54.9. The van der Waals surface area contributed by atoms with Gasteiger partial charge in [-0.3, -0.25) is 51.6 Å². The maximum atomic E-state index is 13.8. The van der Waals surface area contributed by atoms with Gasteiger partial charge in [-0.25, -0.2) is 19.4 Å². The Labute approximate surface area is 577 Å². The molecule has 3 amide bonds. The number of carbonyl (C=O) groups is 3. The lowest BCUT2D eigenvalue weighted by Crippen LogP contribution is -2.31. The summed E-state index contributed by atoms with van der Waals surface area (Å²) in [5.74, 6) is 3.95. The molecule has 506 valence electrons. The van der Waals surface area contributed by atoms with Gasteiger partial charge in [0, 0.05) is 57.9 Å². The number of hydrogen-bond acceptors (Lipinski definition) is 14. The van der Waals surface area contributed by atoms with Crippen LogP contribution in [0.15, 0.2) is 258 Å². The number of nitrogens with zero attached hydrogens (tertiary/aromatic N) is 12. The second kappa shape index (κ2) is 29.2. The predicted molar refractivity (Wildman–Crippen MR) is 381 cm³/mol. The van der Waals surface area contributed by atoms with Crippen LogP contribution in [0.5, 0.6) is 40.4 Å². The number of carbonyl (C=O) groups excluding carboxylic acids is 3. The monoisotopic (exact) mass is 1350 g/mol. The number of ether oxygens (including phenoxy) is 4. The van der Waals surface area contributed by atoms with Crippen molar-refractivity contribution in [2.24, 2.45) is 0 Å². The summed E-state index contributed by atoms with van der Waals surface area (Å²) in [6.45, 7) is 13.5. The Morgan fingerprint density at radius 1 is 0.475 bits per heavy atom. The molecule has 0 spiro atoms. The number of fused-ring (bicyclic) bond motifs is 3. The van der Waals surface area contributed by atoms with Crippen LogP contribution in [0.4, 0.5) is 0 Å². The number of para-hydroxylation sites is 3. The summed E-state index contributed by atoms with van der Waals surface area (Å²) in [4.78, 5) is 106. The summed E-state index contributed by atoms with van der Waals surface area (Å²) < 4.78 is 32.7. The predicted octanol–water partition coefficient (Wildman–Crippen LogP) is 11.0. The summed E-state index contributed by atoms with van der Waals surface area (Å²) in [5, 5.41) is 9.72. The number of rotatable bonds is 16. The summed E-state index contributed by atoms with van der Waals surface area (Å²) in [6.07, 6.45) is 12.0. The van der Waals surface area contributed by atoms with E-state index in [0.717, 1.165) is 5.75 Å². The maximum Gasteiger partial charge on any atom is 0.334 e. The van der Waals surface area contributed by atoms with Gasteiger partial charge in [0.1, 0.15) is 51.6 Å². The molecule has 0 bridgehead atoms. The molecule has 6 aromatic carbocycles. The average Bonchev–Trinajstić information content (AvgIpc) is 1.60. The van der Waals surface area contributed by atoms with Crippen LogP contribution < -0.4 is 41.6 Å². The molecule has 101 heavy (non-hydrogen) atoms. The van der Waals surface area contributed by atoms with Crippen LogP contribution >= 0.6 is 0 Å². The molecule has 0 unspecified atom stereocenters. The van der Waals surface area contributed by atoms with Crippen LogP contribution in [0, 0.1) is 11.3 Å². The molecule has 3 aliphatic heterocycles. The van der Waals surface area contributed by atoms with Crippen LogP contribution in [-0.4, -0.2) is 121 Å². The Bertz CT molecular complexity index is 5400. The van der Waals surface area contributed by atoms with Gasteiger partial charge in [0.25, 0.3) is 5.56 Å². The quantitative estimate of drug-likeness (QED) is 0.0882. The normalized spacial score (nSPS) is 15.4. The number of methoxy groups -OCH3 is 1. The lowest BCUT2D eigenvalue weighted by atomic mass is 10.2. The maximum absolute atomic E-state index is 13.8. The molecule has 3 saturated heterocycles. The van der Waals surface area contributed by atoms with E-state index in [1.807, 2.05) is 115 Å². The van der Waals surface area contributed by atoms with E-state index in [-0.39, 0.29) is 64.0 Å². The third-order valence-corrected chi connectivity index (χ3v) is 17.9. The van der Waals surface area contributed by atoms with E-state index < -0.39 is 0 Å².